The molecule has 0 spiro atoms. The lowest BCUT2D eigenvalue weighted by Gasteiger charge is -1.99. The van der Waals surface area contributed by atoms with Crippen LogP contribution in [0.1, 0.15) is 11.1 Å². The molecule has 0 aliphatic rings. The molecule has 4 heteroatoms. The third-order valence-electron chi connectivity index (χ3n) is 1.55. The SMILES string of the molecule is NC(=O)C#Cc1ccc(Cl)c(CO)c1. The highest BCUT2D eigenvalue weighted by atomic mass is 35.5. The van der Waals surface area contributed by atoms with Gasteiger partial charge in [0.05, 0.1) is 6.61 Å². The fourth-order valence-electron chi connectivity index (χ4n) is 0.907. The van der Waals surface area contributed by atoms with Crippen LogP contribution in [0.4, 0.5) is 0 Å². The highest BCUT2D eigenvalue weighted by Gasteiger charge is 1.98. The van der Waals surface area contributed by atoms with Crippen LogP contribution in [0.3, 0.4) is 0 Å². The molecule has 1 aromatic rings. The van der Waals surface area contributed by atoms with Crippen molar-refractivity contribution in [2.45, 2.75) is 6.61 Å². The molecule has 0 unspecified atom stereocenters. The van der Waals surface area contributed by atoms with E-state index in [1.807, 2.05) is 0 Å². The van der Waals surface area contributed by atoms with Gasteiger partial charge in [-0.1, -0.05) is 17.5 Å². The van der Waals surface area contributed by atoms with E-state index in [0.29, 0.717) is 16.1 Å². The lowest BCUT2D eigenvalue weighted by molar-refractivity contribution is -0.112. The quantitative estimate of drug-likeness (QED) is 0.668. The average molecular weight is 210 g/mol. The smallest absolute Gasteiger partial charge is 0.293 e. The second-order valence-electron chi connectivity index (χ2n) is 2.58. The number of aliphatic hydroxyl groups is 1. The Morgan fingerprint density at radius 2 is 2.29 bits per heavy atom. The van der Waals surface area contributed by atoms with Gasteiger partial charge in [0.25, 0.3) is 5.91 Å². The Hall–Kier alpha value is -1.50. The Morgan fingerprint density at radius 1 is 1.57 bits per heavy atom. The molecular weight excluding hydrogens is 202 g/mol. The van der Waals surface area contributed by atoms with Gasteiger partial charge in [0.15, 0.2) is 0 Å². The number of halogens is 1. The number of carbonyl (C=O) groups is 1. The maximum Gasteiger partial charge on any atom is 0.293 e. The minimum atomic E-state index is -0.689. The molecule has 0 fully saturated rings. The van der Waals surface area contributed by atoms with Crippen LogP contribution in [0.5, 0.6) is 0 Å². The summed E-state index contributed by atoms with van der Waals surface area (Å²) in [6.45, 7) is -0.162. The van der Waals surface area contributed by atoms with Crippen LogP contribution >= 0.6 is 11.6 Å². The van der Waals surface area contributed by atoms with Gasteiger partial charge in [-0.2, -0.15) is 0 Å². The maximum absolute atomic E-state index is 10.4. The van der Waals surface area contributed by atoms with Gasteiger partial charge < -0.3 is 10.8 Å². The van der Waals surface area contributed by atoms with Crippen molar-refractivity contribution in [3.05, 3.63) is 34.3 Å². The summed E-state index contributed by atoms with van der Waals surface area (Å²) in [4.78, 5) is 10.4. The average Bonchev–Trinajstić information content (AvgIpc) is 2.16. The standard InChI is InChI=1S/C10H8ClNO2/c11-9-3-1-7(2-4-10(12)14)5-8(9)6-13/h1,3,5,13H,6H2,(H2,12,14). The molecule has 14 heavy (non-hydrogen) atoms. The highest BCUT2D eigenvalue weighted by molar-refractivity contribution is 6.31. The van der Waals surface area contributed by atoms with E-state index in [-0.39, 0.29) is 6.61 Å². The third kappa shape index (κ3) is 2.77. The molecule has 0 bridgehead atoms. The van der Waals surface area contributed by atoms with Crippen LogP contribution in [0.2, 0.25) is 5.02 Å². The number of carbonyl (C=O) groups excluding carboxylic acids is 1. The van der Waals surface area contributed by atoms with Gasteiger partial charge in [-0.3, -0.25) is 4.79 Å². The molecule has 72 valence electrons. The number of aliphatic hydroxyl groups excluding tert-OH is 1. The van der Waals surface area contributed by atoms with Gasteiger partial charge in [-0.05, 0) is 29.7 Å². The molecule has 3 nitrogen and oxygen atoms in total. The Balaban J connectivity index is 3.03. The van der Waals surface area contributed by atoms with Gasteiger partial charge in [0, 0.05) is 10.6 Å². The number of primary amides is 1. The summed E-state index contributed by atoms with van der Waals surface area (Å²) in [5.74, 6) is 4.06. The number of benzene rings is 1. The maximum atomic E-state index is 10.4. The normalized spacial score (nSPS) is 9.00. The lowest BCUT2D eigenvalue weighted by atomic mass is 10.1. The topological polar surface area (TPSA) is 63.3 Å². The largest absolute Gasteiger partial charge is 0.392 e. The first-order valence-corrected chi connectivity index (χ1v) is 4.22. The Bertz CT molecular complexity index is 418. The summed E-state index contributed by atoms with van der Waals surface area (Å²) >= 11 is 5.76. The van der Waals surface area contributed by atoms with Crippen LogP contribution in [-0.4, -0.2) is 11.0 Å². The van der Waals surface area contributed by atoms with Gasteiger partial charge >= 0.3 is 0 Å². The highest BCUT2D eigenvalue weighted by Crippen LogP contribution is 2.16. The van der Waals surface area contributed by atoms with Crippen molar-refractivity contribution in [3.63, 3.8) is 0 Å². The summed E-state index contributed by atoms with van der Waals surface area (Å²) in [7, 11) is 0. The van der Waals surface area contributed by atoms with Gasteiger partial charge in [-0.25, -0.2) is 0 Å². The number of hydrogen-bond donors (Lipinski definition) is 2. The second kappa shape index (κ2) is 4.66. The third-order valence-corrected chi connectivity index (χ3v) is 1.91. The first-order valence-electron chi connectivity index (χ1n) is 3.84. The number of hydrogen-bond acceptors (Lipinski definition) is 2. The van der Waals surface area contributed by atoms with E-state index in [0.717, 1.165) is 0 Å². The zero-order valence-corrected chi connectivity index (χ0v) is 8.01. The predicted molar refractivity (Wildman–Crippen MR) is 53.4 cm³/mol. The van der Waals surface area contributed by atoms with Crippen molar-refractivity contribution in [2.75, 3.05) is 0 Å². The molecule has 0 heterocycles. The summed E-state index contributed by atoms with van der Waals surface area (Å²) < 4.78 is 0. The number of nitrogens with two attached hydrogens (primary N) is 1. The molecule has 0 saturated heterocycles. The predicted octanol–water partition coefficient (Wildman–Crippen LogP) is 0.669. The van der Waals surface area contributed by atoms with Crippen molar-refractivity contribution in [1.82, 2.24) is 0 Å². The summed E-state index contributed by atoms with van der Waals surface area (Å²) in [5, 5.41) is 9.37. The molecule has 1 amide bonds. The number of amides is 1. The van der Waals surface area contributed by atoms with Crippen LogP contribution in [0.25, 0.3) is 0 Å². The fourth-order valence-corrected chi connectivity index (χ4v) is 1.08. The van der Waals surface area contributed by atoms with E-state index in [1.165, 1.54) is 0 Å². The van der Waals surface area contributed by atoms with Crippen LogP contribution in [-0.2, 0) is 11.4 Å². The molecular formula is C10H8ClNO2. The fraction of sp³-hybridized carbons (Fsp3) is 0.100. The van der Waals surface area contributed by atoms with E-state index >= 15 is 0 Å². The van der Waals surface area contributed by atoms with Crippen molar-refractivity contribution >= 4 is 17.5 Å². The van der Waals surface area contributed by atoms with E-state index in [4.69, 9.17) is 22.4 Å². The van der Waals surface area contributed by atoms with Crippen LogP contribution in [0, 0.1) is 11.8 Å². The van der Waals surface area contributed by atoms with Crippen molar-refractivity contribution < 1.29 is 9.90 Å². The minimum Gasteiger partial charge on any atom is -0.392 e. The molecule has 0 aliphatic heterocycles. The molecule has 0 aliphatic carbocycles. The first-order chi connectivity index (χ1) is 6.63. The van der Waals surface area contributed by atoms with Crippen molar-refractivity contribution in [1.29, 1.82) is 0 Å². The van der Waals surface area contributed by atoms with E-state index in [2.05, 4.69) is 11.8 Å². The van der Waals surface area contributed by atoms with Crippen LogP contribution in [0.15, 0.2) is 18.2 Å². The molecule has 0 saturated carbocycles. The zero-order chi connectivity index (χ0) is 10.6. The van der Waals surface area contributed by atoms with E-state index < -0.39 is 5.91 Å². The molecule has 0 atom stereocenters. The Morgan fingerprint density at radius 3 is 2.86 bits per heavy atom. The van der Waals surface area contributed by atoms with Gasteiger partial charge in [-0.15, -0.1) is 0 Å². The molecule has 1 aromatic carbocycles. The molecule has 3 N–H and O–H groups in total. The van der Waals surface area contributed by atoms with Gasteiger partial charge in [0.2, 0.25) is 0 Å². The van der Waals surface area contributed by atoms with E-state index in [9.17, 15) is 4.79 Å². The Kier molecular flexibility index (Phi) is 3.52. The Labute approximate surface area is 86.5 Å². The van der Waals surface area contributed by atoms with Crippen molar-refractivity contribution in [3.8, 4) is 11.8 Å². The number of rotatable bonds is 1. The lowest BCUT2D eigenvalue weighted by Crippen LogP contribution is -2.06. The summed E-state index contributed by atoms with van der Waals surface area (Å²) in [6.07, 6.45) is 0. The second-order valence-corrected chi connectivity index (χ2v) is 2.99. The van der Waals surface area contributed by atoms with Crippen molar-refractivity contribution in [2.24, 2.45) is 5.73 Å². The first kappa shape index (κ1) is 10.6. The van der Waals surface area contributed by atoms with E-state index in [1.54, 1.807) is 18.2 Å². The summed E-state index contributed by atoms with van der Waals surface area (Å²) in [5.41, 5.74) is 6.02. The minimum absolute atomic E-state index is 0.162. The molecule has 0 radical (unpaired) electrons. The van der Waals surface area contributed by atoms with Gasteiger partial charge in [0.1, 0.15) is 0 Å². The summed E-state index contributed by atoms with van der Waals surface area (Å²) in [6, 6.07) is 4.87. The monoisotopic (exact) mass is 209 g/mol. The molecule has 0 aromatic heterocycles. The van der Waals surface area contributed by atoms with Crippen LogP contribution < -0.4 is 5.73 Å². The molecule has 1 rings (SSSR count). The zero-order valence-electron chi connectivity index (χ0n) is 7.25.